The Balaban J connectivity index is 2.00. The van der Waals surface area contributed by atoms with Crippen LogP contribution >= 0.6 is 0 Å². The van der Waals surface area contributed by atoms with Gasteiger partial charge in [-0.3, -0.25) is 4.79 Å². The van der Waals surface area contributed by atoms with E-state index in [1.54, 1.807) is 37.3 Å². The number of methoxy groups -OCH3 is 1. The number of hydrogen-bond donors (Lipinski definition) is 1. The van der Waals surface area contributed by atoms with Gasteiger partial charge >= 0.3 is 5.97 Å². The molecule has 0 aliphatic carbocycles. The van der Waals surface area contributed by atoms with Gasteiger partial charge in [0.1, 0.15) is 17.1 Å². The van der Waals surface area contributed by atoms with Crippen LogP contribution in [0.4, 0.5) is 0 Å². The number of carbonyl (C=O) groups is 2. The van der Waals surface area contributed by atoms with E-state index in [0.717, 1.165) is 5.56 Å². The standard InChI is InChI=1S/C17H16O5/c1-11-3-8-15(18)14(9-11)17(20)22-10-16(19)12-4-6-13(21-2)7-5-12/h3-9,18H,10H2,1-2H3. The van der Waals surface area contributed by atoms with E-state index in [-0.39, 0.29) is 17.1 Å². The molecule has 0 spiro atoms. The van der Waals surface area contributed by atoms with Crippen LogP contribution in [-0.4, -0.2) is 30.6 Å². The molecule has 5 nitrogen and oxygen atoms in total. The number of phenols is 1. The number of rotatable bonds is 5. The van der Waals surface area contributed by atoms with Gasteiger partial charge in [-0.15, -0.1) is 0 Å². The fourth-order valence-corrected chi connectivity index (χ4v) is 1.88. The number of benzene rings is 2. The van der Waals surface area contributed by atoms with Gasteiger partial charge < -0.3 is 14.6 Å². The van der Waals surface area contributed by atoms with E-state index in [0.29, 0.717) is 11.3 Å². The fourth-order valence-electron chi connectivity index (χ4n) is 1.88. The van der Waals surface area contributed by atoms with Gasteiger partial charge in [-0.1, -0.05) is 11.6 Å². The molecule has 2 rings (SSSR count). The Kier molecular flexibility index (Phi) is 4.78. The predicted molar refractivity (Wildman–Crippen MR) is 80.5 cm³/mol. The summed E-state index contributed by atoms with van der Waals surface area (Å²) in [7, 11) is 1.53. The minimum absolute atomic E-state index is 0.0440. The number of carbonyl (C=O) groups excluding carboxylic acids is 2. The summed E-state index contributed by atoms with van der Waals surface area (Å²) in [4.78, 5) is 23.9. The Morgan fingerprint density at radius 3 is 2.41 bits per heavy atom. The SMILES string of the molecule is COc1ccc(C(=O)COC(=O)c2cc(C)ccc2O)cc1. The van der Waals surface area contributed by atoms with Crippen LogP contribution in [0.2, 0.25) is 0 Å². The number of phenolic OH excluding ortho intramolecular Hbond substituents is 1. The van der Waals surface area contributed by atoms with Crippen molar-refractivity contribution >= 4 is 11.8 Å². The lowest BCUT2D eigenvalue weighted by atomic mass is 10.1. The van der Waals surface area contributed by atoms with Crippen molar-refractivity contribution in [1.82, 2.24) is 0 Å². The lowest BCUT2D eigenvalue weighted by Crippen LogP contribution is -2.14. The van der Waals surface area contributed by atoms with Crippen LogP contribution in [0.3, 0.4) is 0 Å². The molecule has 0 unspecified atom stereocenters. The topological polar surface area (TPSA) is 72.8 Å². The zero-order valence-electron chi connectivity index (χ0n) is 12.3. The van der Waals surface area contributed by atoms with Crippen LogP contribution in [0, 0.1) is 6.92 Å². The molecule has 0 fully saturated rings. The van der Waals surface area contributed by atoms with E-state index in [2.05, 4.69) is 0 Å². The normalized spacial score (nSPS) is 10.1. The first-order chi connectivity index (χ1) is 10.5. The molecule has 0 aliphatic rings. The van der Waals surface area contributed by atoms with Crippen LogP contribution < -0.4 is 4.74 Å². The highest BCUT2D eigenvalue weighted by molar-refractivity contribution is 6.00. The van der Waals surface area contributed by atoms with Crippen LogP contribution in [-0.2, 0) is 4.74 Å². The molecule has 0 saturated heterocycles. The maximum atomic E-state index is 12.0. The van der Waals surface area contributed by atoms with Crippen molar-refractivity contribution < 1.29 is 24.2 Å². The molecule has 114 valence electrons. The molecule has 0 radical (unpaired) electrons. The zero-order chi connectivity index (χ0) is 16.1. The second-order valence-electron chi connectivity index (χ2n) is 4.75. The first-order valence-electron chi connectivity index (χ1n) is 6.65. The van der Waals surface area contributed by atoms with Gasteiger partial charge in [0, 0.05) is 5.56 Å². The average Bonchev–Trinajstić information content (AvgIpc) is 2.54. The summed E-state index contributed by atoms with van der Waals surface area (Å²) in [5.41, 5.74) is 1.27. The second kappa shape index (κ2) is 6.76. The minimum atomic E-state index is -0.733. The number of Topliss-reactive ketones (excluding diaryl/α,β-unsaturated/α-hetero) is 1. The van der Waals surface area contributed by atoms with Gasteiger partial charge in [-0.2, -0.15) is 0 Å². The predicted octanol–water partition coefficient (Wildman–Crippen LogP) is 2.75. The first kappa shape index (κ1) is 15.6. The smallest absolute Gasteiger partial charge is 0.342 e. The Hall–Kier alpha value is -2.82. The van der Waals surface area contributed by atoms with E-state index in [1.807, 2.05) is 0 Å². The monoisotopic (exact) mass is 300 g/mol. The molecule has 2 aromatic carbocycles. The van der Waals surface area contributed by atoms with Crippen molar-refractivity contribution in [3.8, 4) is 11.5 Å². The fraction of sp³-hybridized carbons (Fsp3) is 0.176. The maximum Gasteiger partial charge on any atom is 0.342 e. The third-order valence-electron chi connectivity index (χ3n) is 3.12. The Morgan fingerprint density at radius 2 is 1.77 bits per heavy atom. The van der Waals surface area contributed by atoms with Crippen molar-refractivity contribution in [1.29, 1.82) is 0 Å². The van der Waals surface area contributed by atoms with Crippen molar-refractivity contribution in [3.05, 3.63) is 59.2 Å². The molecule has 1 N–H and O–H groups in total. The summed E-state index contributed by atoms with van der Waals surface area (Å²) >= 11 is 0. The van der Waals surface area contributed by atoms with Crippen LogP contribution in [0.15, 0.2) is 42.5 Å². The molecule has 0 aliphatic heterocycles. The number of esters is 1. The van der Waals surface area contributed by atoms with Crippen LogP contribution in [0.1, 0.15) is 26.3 Å². The Labute approximate surface area is 128 Å². The van der Waals surface area contributed by atoms with E-state index in [9.17, 15) is 14.7 Å². The van der Waals surface area contributed by atoms with Crippen LogP contribution in [0.5, 0.6) is 11.5 Å². The third-order valence-corrected chi connectivity index (χ3v) is 3.12. The number of aryl methyl sites for hydroxylation is 1. The largest absolute Gasteiger partial charge is 0.507 e. The molecule has 0 aromatic heterocycles. The summed E-state index contributed by atoms with van der Waals surface area (Å²) in [6.07, 6.45) is 0. The molecule has 0 amide bonds. The highest BCUT2D eigenvalue weighted by Crippen LogP contribution is 2.19. The molecule has 5 heteroatoms. The van der Waals surface area contributed by atoms with Crippen molar-refractivity contribution in [3.63, 3.8) is 0 Å². The van der Waals surface area contributed by atoms with Gasteiger partial charge in [0.05, 0.1) is 7.11 Å². The summed E-state index contributed by atoms with van der Waals surface area (Å²) in [6.45, 7) is 1.40. The molecule has 0 bridgehead atoms. The van der Waals surface area contributed by atoms with Crippen LogP contribution in [0.25, 0.3) is 0 Å². The van der Waals surface area contributed by atoms with Gasteiger partial charge in [0.15, 0.2) is 12.4 Å². The minimum Gasteiger partial charge on any atom is -0.507 e. The van der Waals surface area contributed by atoms with E-state index in [1.165, 1.54) is 19.2 Å². The molecular formula is C17H16O5. The van der Waals surface area contributed by atoms with E-state index >= 15 is 0 Å². The average molecular weight is 300 g/mol. The third kappa shape index (κ3) is 3.63. The zero-order valence-corrected chi connectivity index (χ0v) is 12.3. The van der Waals surface area contributed by atoms with Crippen molar-refractivity contribution in [2.45, 2.75) is 6.92 Å². The van der Waals surface area contributed by atoms with Gasteiger partial charge in [-0.05, 0) is 43.3 Å². The number of aromatic hydroxyl groups is 1. The molecular weight excluding hydrogens is 284 g/mol. The number of ether oxygens (including phenoxy) is 2. The van der Waals surface area contributed by atoms with Gasteiger partial charge in [0.25, 0.3) is 0 Å². The summed E-state index contributed by atoms with van der Waals surface area (Å²) < 4.78 is 9.96. The quantitative estimate of drug-likeness (QED) is 0.679. The summed E-state index contributed by atoms with van der Waals surface area (Å²) in [6, 6.07) is 11.1. The van der Waals surface area contributed by atoms with Crippen molar-refractivity contribution in [2.24, 2.45) is 0 Å². The lowest BCUT2D eigenvalue weighted by molar-refractivity contribution is 0.0471. The molecule has 0 atom stereocenters. The number of ketones is 1. The van der Waals surface area contributed by atoms with Gasteiger partial charge in [0.2, 0.25) is 0 Å². The number of hydrogen-bond acceptors (Lipinski definition) is 5. The van der Waals surface area contributed by atoms with E-state index in [4.69, 9.17) is 9.47 Å². The molecule has 2 aromatic rings. The second-order valence-corrected chi connectivity index (χ2v) is 4.75. The Morgan fingerprint density at radius 1 is 1.09 bits per heavy atom. The highest BCUT2D eigenvalue weighted by atomic mass is 16.5. The summed E-state index contributed by atoms with van der Waals surface area (Å²) in [5, 5.41) is 9.65. The summed E-state index contributed by atoms with van der Waals surface area (Å²) in [5.74, 6) is -0.600. The molecule has 0 heterocycles. The molecule has 0 saturated carbocycles. The molecule has 22 heavy (non-hydrogen) atoms. The van der Waals surface area contributed by atoms with Crippen molar-refractivity contribution in [2.75, 3.05) is 13.7 Å². The lowest BCUT2D eigenvalue weighted by Gasteiger charge is -2.07. The first-order valence-corrected chi connectivity index (χ1v) is 6.65. The van der Waals surface area contributed by atoms with E-state index < -0.39 is 12.6 Å². The van der Waals surface area contributed by atoms with Gasteiger partial charge in [-0.25, -0.2) is 4.79 Å². The maximum absolute atomic E-state index is 12.0. The highest BCUT2D eigenvalue weighted by Gasteiger charge is 2.15. The Bertz CT molecular complexity index is 689.